The molecule has 724 valence electrons. The van der Waals surface area contributed by atoms with Crippen LogP contribution in [-0.2, 0) is 16.2 Å². The molecule has 12 aliphatic rings. The van der Waals surface area contributed by atoms with Crippen LogP contribution in [0.5, 0.6) is 0 Å². The van der Waals surface area contributed by atoms with Crippen molar-refractivity contribution in [2.24, 2.45) is 53.3 Å². The van der Waals surface area contributed by atoms with Gasteiger partial charge in [-0.3, -0.25) is 0 Å². The van der Waals surface area contributed by atoms with E-state index >= 15 is 0 Å². The quantitative estimate of drug-likeness (QED) is 0.115. The van der Waals surface area contributed by atoms with E-state index in [1.807, 2.05) is 48.5 Å². The maximum absolute atomic E-state index is 9.61. The van der Waals surface area contributed by atoms with Crippen LogP contribution in [0.25, 0.3) is 221 Å². The Morgan fingerprint density at radius 2 is 0.473 bits per heavy atom. The van der Waals surface area contributed by atoms with Crippen molar-refractivity contribution in [1.29, 1.82) is 0 Å². The van der Waals surface area contributed by atoms with E-state index in [0.29, 0.717) is 22.0 Å². The minimum absolute atomic E-state index is 0.0359. The summed E-state index contributed by atoms with van der Waals surface area (Å²) in [6.45, 7) is 0. The molecular formula is C144H116N4O2. The number of hydrogen-bond acceptors (Lipinski definition) is 2. The van der Waals surface area contributed by atoms with Gasteiger partial charge < -0.3 is 27.1 Å². The second kappa shape index (κ2) is 34.0. The van der Waals surface area contributed by atoms with E-state index in [1.165, 1.54) is 215 Å². The van der Waals surface area contributed by atoms with Gasteiger partial charge in [0.1, 0.15) is 22.3 Å². The van der Waals surface area contributed by atoms with Gasteiger partial charge in [0, 0.05) is 98.1 Å². The van der Waals surface area contributed by atoms with Gasteiger partial charge in [0.05, 0.1) is 77.6 Å². The molecule has 12 aliphatic carbocycles. The average molecular weight is 1950 g/mol. The second-order valence-corrected chi connectivity index (χ2v) is 46.1. The molecule has 0 N–H and O–H groups in total. The lowest BCUT2D eigenvalue weighted by Crippen LogP contribution is -2.48. The van der Waals surface area contributed by atoms with E-state index < -0.39 is 72.2 Å². The van der Waals surface area contributed by atoms with Crippen molar-refractivity contribution in [3.63, 3.8) is 0 Å². The predicted molar refractivity (Wildman–Crippen MR) is 623 cm³/mol. The average Bonchev–Trinajstić information content (AvgIpc) is 1.52. The summed E-state index contributed by atoms with van der Waals surface area (Å²) in [6, 6.07) is 122. The van der Waals surface area contributed by atoms with E-state index in [-0.39, 0.29) is 38.8 Å². The van der Waals surface area contributed by atoms with Crippen LogP contribution in [0.1, 0.15) is 149 Å². The molecule has 0 radical (unpaired) electrons. The van der Waals surface area contributed by atoms with Crippen LogP contribution in [0.15, 0.2) is 439 Å². The third-order valence-corrected chi connectivity index (χ3v) is 37.6. The van der Waals surface area contributed by atoms with Crippen LogP contribution in [0.2, 0.25) is 0 Å². The first-order valence-corrected chi connectivity index (χ1v) is 54.8. The van der Waals surface area contributed by atoms with Gasteiger partial charge in [-0.05, 0) is 350 Å². The Hall–Kier alpha value is -16.0. The zero-order chi connectivity index (χ0) is 109. The van der Waals surface area contributed by atoms with E-state index in [1.54, 1.807) is 23.3 Å². The zero-order valence-corrected chi connectivity index (χ0v) is 83.6. The van der Waals surface area contributed by atoms with Crippen LogP contribution >= 0.6 is 0 Å². The fraction of sp³-hybridized carbons (Fsp3) is 0.208. The molecule has 6 heteroatoms. The van der Waals surface area contributed by atoms with Crippen LogP contribution in [-0.4, -0.2) is 18.3 Å². The van der Waals surface area contributed by atoms with Gasteiger partial charge in [0.15, 0.2) is 0 Å². The third-order valence-electron chi connectivity index (χ3n) is 37.6. The number of nitrogens with zero attached hydrogens (tertiary/aromatic N) is 4. The molecule has 0 unspecified atom stereocenters. The highest BCUT2D eigenvalue weighted by atomic mass is 16.3. The Kier molecular flexibility index (Phi) is 17.1. The molecular weight excluding hydrogens is 1820 g/mol. The van der Waals surface area contributed by atoms with Gasteiger partial charge in [0.25, 0.3) is 0 Å². The molecule has 19 aromatic carbocycles. The molecule has 37 rings (SSSR count). The third kappa shape index (κ3) is 13.6. The van der Waals surface area contributed by atoms with E-state index in [4.69, 9.17) is 18.4 Å². The smallest absolute Gasteiger partial charge is 0.143 e. The summed E-state index contributed by atoms with van der Waals surface area (Å²) in [4.78, 5) is 0. The molecule has 12 bridgehead atoms. The topological polar surface area (TPSA) is 46.0 Å². The van der Waals surface area contributed by atoms with Crippen molar-refractivity contribution in [2.75, 3.05) is 0 Å². The Morgan fingerprint density at radius 1 is 0.193 bits per heavy atom. The number of para-hydroxylation sites is 12. The van der Waals surface area contributed by atoms with Gasteiger partial charge in [-0.2, -0.15) is 0 Å². The second-order valence-electron chi connectivity index (χ2n) is 46.1. The molecule has 0 amide bonds. The normalized spacial score (nSPS) is 23.9. The van der Waals surface area contributed by atoms with Gasteiger partial charge in [0.2, 0.25) is 0 Å². The fourth-order valence-electron chi connectivity index (χ4n) is 32.9. The molecule has 0 spiro atoms. The number of aromatic nitrogens is 4. The summed E-state index contributed by atoms with van der Waals surface area (Å²) >= 11 is 0. The molecule has 150 heavy (non-hydrogen) atoms. The summed E-state index contributed by atoms with van der Waals surface area (Å²) in [6.07, 6.45) is 25.1. The number of furan rings is 2. The molecule has 0 aliphatic heterocycles. The Balaban J connectivity index is 0.000000106. The predicted octanol–water partition coefficient (Wildman–Crippen LogP) is 38.7. The van der Waals surface area contributed by atoms with Crippen LogP contribution < -0.4 is 0 Å². The highest BCUT2D eigenvalue weighted by Gasteiger charge is 2.55. The first-order chi connectivity index (χ1) is 79.1. The molecule has 6 heterocycles. The van der Waals surface area contributed by atoms with E-state index in [2.05, 4.69) is 311 Å². The van der Waals surface area contributed by atoms with Gasteiger partial charge in [-0.1, -0.05) is 321 Å². The fourth-order valence-corrected chi connectivity index (χ4v) is 32.9. The minimum atomic E-state index is -0.673. The summed E-state index contributed by atoms with van der Waals surface area (Å²) in [5.74, 6) is 8.04. The molecule has 25 aromatic rings. The van der Waals surface area contributed by atoms with Crippen molar-refractivity contribution in [3.05, 3.63) is 447 Å². The van der Waals surface area contributed by atoms with Crippen LogP contribution in [0, 0.1) is 53.3 Å². The SMILES string of the molecule is [2H]c1c([2H])c([2H])c(-n2c3c([2H])c([2H])c([2H])c([2H])c3c3c(-c4ccccc4-c4ccccc4-n4c5ccccc5c5cc(C67CC8CC(CC(C8)C6)C7)ccc54)c([2H])c([2H])c([2H])c32)c([2H])c1[2H].c1ccc(-c2cccc3c2oc2ccccc23)c(-c2ccccc2-n2c3ccccc3c3cc(C45CC6CC(CC(C6)C4)C5)ccc32)c1.c1ccc(-c2cccc3c2oc2ccccc23)c(-c2ccccc2-n2c3ccccc3c3cc(C45CC6CC(CC(C6)C4)C5)ccc32)c1. The molecule has 0 atom stereocenters. The van der Waals surface area contributed by atoms with Gasteiger partial charge >= 0.3 is 0 Å². The Bertz CT molecular complexity index is 10100. The Morgan fingerprint density at radius 3 is 0.847 bits per heavy atom. The molecule has 12 saturated carbocycles. The monoisotopic (exact) mass is 1940 g/mol. The number of fused-ring (bicyclic) bond motifs is 18. The van der Waals surface area contributed by atoms with Gasteiger partial charge in [-0.15, -0.1) is 0 Å². The molecule has 12 fully saturated rings. The highest BCUT2D eigenvalue weighted by molar-refractivity contribution is 6.19. The largest absolute Gasteiger partial charge is 0.455 e. The number of hydrogen-bond donors (Lipinski definition) is 0. The van der Waals surface area contributed by atoms with Crippen molar-refractivity contribution in [2.45, 2.75) is 132 Å². The van der Waals surface area contributed by atoms with Crippen molar-refractivity contribution in [3.8, 4) is 89.5 Å². The summed E-state index contributed by atoms with van der Waals surface area (Å²) in [5.41, 5.74) is 30.4. The van der Waals surface area contributed by atoms with E-state index in [0.717, 1.165) is 141 Å². The van der Waals surface area contributed by atoms with Crippen molar-refractivity contribution in [1.82, 2.24) is 18.3 Å². The maximum atomic E-state index is 9.61. The summed E-state index contributed by atoms with van der Waals surface area (Å²) in [5, 5.41) is 12.3. The maximum Gasteiger partial charge on any atom is 0.143 e. The molecule has 0 saturated heterocycles. The first kappa shape index (κ1) is 75.6. The highest BCUT2D eigenvalue weighted by Crippen LogP contribution is 2.66. The standard InChI is InChI=1S/C52H42N2.2C46H37NO/c1-2-13-38(14-3-1)53-48-23-11-8-19-44(48)51-43(20-12-24-50(51)53)40-16-5-4-15-39(40)41-17-6-9-21-46(41)54-47-22-10-7-18-42(47)45-30-37(25-26-49(45)54)52-31-34-27-35(32-52)29-36(28-34)33-52;2*1-2-11-34(38-15-9-16-39-37-14-5-8-19-44(37)48-45(38)39)33(10-1)35-12-3-6-17-41(35)47-42-18-7-4-13-36(42)40-25-32(20-21-43(40)47)46-26-29-22-30(27-46)24-31(23-29)28-46/h1-26,30,34-36H,27-29,31-33H2;2*1-21,25,29-31H,22-24,26-28H2/i1D,2D,3D,8D,11D,12D,13D,14D,19D,20D,23D,24D;;. The molecule has 6 aromatic heterocycles. The minimum Gasteiger partial charge on any atom is -0.455 e. The van der Waals surface area contributed by atoms with Crippen molar-refractivity contribution >= 4 is 131 Å². The lowest BCUT2D eigenvalue weighted by atomic mass is 9.48. The Labute approximate surface area is 890 Å². The van der Waals surface area contributed by atoms with Crippen LogP contribution in [0.4, 0.5) is 0 Å². The van der Waals surface area contributed by atoms with Crippen LogP contribution in [0.3, 0.4) is 0 Å². The molecule has 6 nitrogen and oxygen atoms in total. The lowest BCUT2D eigenvalue weighted by Gasteiger charge is -2.57. The summed E-state index contributed by atoms with van der Waals surface area (Å²) in [7, 11) is 0. The number of benzene rings is 19. The number of rotatable bonds is 13. The van der Waals surface area contributed by atoms with E-state index in [9.17, 15) is 6.85 Å². The van der Waals surface area contributed by atoms with Crippen molar-refractivity contribution < 1.29 is 25.3 Å². The lowest BCUT2D eigenvalue weighted by molar-refractivity contribution is -0.00524. The van der Waals surface area contributed by atoms with Gasteiger partial charge in [-0.25, -0.2) is 0 Å². The summed E-state index contributed by atoms with van der Waals surface area (Å²) < 4.78 is 129. The zero-order valence-electron chi connectivity index (χ0n) is 95.6. The first-order valence-electron chi connectivity index (χ1n) is 60.8.